The van der Waals surface area contributed by atoms with Gasteiger partial charge in [0, 0.05) is 7.05 Å². The maximum Gasteiger partial charge on any atom is 0.410 e. The summed E-state index contributed by atoms with van der Waals surface area (Å²) in [5.74, 6) is 0. The summed E-state index contributed by atoms with van der Waals surface area (Å²) in [5, 5.41) is 0. The molecule has 0 aliphatic rings. The van der Waals surface area contributed by atoms with E-state index in [0.717, 1.165) is 23.0 Å². The van der Waals surface area contributed by atoms with Gasteiger partial charge >= 0.3 is 6.09 Å². The van der Waals surface area contributed by atoms with Gasteiger partial charge < -0.3 is 9.53 Å². The first-order chi connectivity index (χ1) is 9.15. The molecule has 0 radical (unpaired) electrons. The van der Waals surface area contributed by atoms with Crippen molar-refractivity contribution in [1.82, 2.24) is 4.90 Å². The predicted octanol–water partition coefficient (Wildman–Crippen LogP) is 3.41. The van der Waals surface area contributed by atoms with Crippen LogP contribution in [0, 0.1) is 13.8 Å². The largest absolute Gasteiger partial charge is 0.444 e. The van der Waals surface area contributed by atoms with Gasteiger partial charge in [0.05, 0.1) is 0 Å². The second-order valence-corrected chi connectivity index (χ2v) is 6.03. The van der Waals surface area contributed by atoms with Gasteiger partial charge in [0.2, 0.25) is 0 Å². The van der Waals surface area contributed by atoms with Crippen LogP contribution in [0.4, 0.5) is 4.79 Å². The van der Waals surface area contributed by atoms with E-state index in [1.807, 2.05) is 32.0 Å². The van der Waals surface area contributed by atoms with E-state index in [9.17, 15) is 9.59 Å². The van der Waals surface area contributed by atoms with E-state index in [4.69, 9.17) is 4.74 Å². The first-order valence-corrected chi connectivity index (χ1v) is 6.64. The summed E-state index contributed by atoms with van der Waals surface area (Å²) >= 11 is 0. The van der Waals surface area contributed by atoms with E-state index < -0.39 is 17.7 Å². The molecule has 0 bridgehead atoms. The lowest BCUT2D eigenvalue weighted by Crippen LogP contribution is -2.37. The number of hydrogen-bond donors (Lipinski definition) is 0. The van der Waals surface area contributed by atoms with Crippen molar-refractivity contribution in [2.24, 2.45) is 0 Å². The van der Waals surface area contributed by atoms with Crippen LogP contribution in [-0.2, 0) is 9.53 Å². The molecular weight excluding hydrogens is 254 g/mol. The Kier molecular flexibility index (Phi) is 4.93. The number of nitrogens with zero attached hydrogens (tertiary/aromatic N) is 1. The van der Waals surface area contributed by atoms with Crippen molar-refractivity contribution in [2.45, 2.75) is 46.3 Å². The van der Waals surface area contributed by atoms with E-state index in [1.54, 1.807) is 27.8 Å². The molecule has 1 atom stereocenters. The van der Waals surface area contributed by atoms with Crippen LogP contribution in [0.2, 0.25) is 0 Å². The SMILES string of the molecule is Cc1ccc(C(C=O)N(C)C(=O)OC(C)(C)C)c(C)c1. The summed E-state index contributed by atoms with van der Waals surface area (Å²) in [4.78, 5) is 24.8. The zero-order valence-electron chi connectivity index (χ0n) is 13.1. The summed E-state index contributed by atoms with van der Waals surface area (Å²) in [6.07, 6.45) is 0.260. The molecule has 4 nitrogen and oxygen atoms in total. The number of carbonyl (C=O) groups is 2. The number of aldehydes is 1. The Balaban J connectivity index is 3.01. The first kappa shape index (κ1) is 16.2. The normalized spacial score (nSPS) is 12.7. The van der Waals surface area contributed by atoms with Crippen LogP contribution in [-0.4, -0.2) is 29.9 Å². The van der Waals surface area contributed by atoms with Crippen LogP contribution in [0.15, 0.2) is 18.2 Å². The highest BCUT2D eigenvalue weighted by Gasteiger charge is 2.26. The molecule has 4 heteroatoms. The van der Waals surface area contributed by atoms with Crippen molar-refractivity contribution in [3.05, 3.63) is 34.9 Å². The Morgan fingerprint density at radius 1 is 1.30 bits per heavy atom. The minimum absolute atomic E-state index is 0.505. The molecule has 0 spiro atoms. The minimum atomic E-state index is -0.634. The monoisotopic (exact) mass is 277 g/mol. The topological polar surface area (TPSA) is 46.6 Å². The Hall–Kier alpha value is -1.84. The molecule has 1 aromatic carbocycles. The van der Waals surface area contributed by atoms with E-state index >= 15 is 0 Å². The van der Waals surface area contributed by atoms with Gasteiger partial charge in [0.25, 0.3) is 0 Å². The fourth-order valence-corrected chi connectivity index (χ4v) is 1.98. The Morgan fingerprint density at radius 2 is 1.90 bits per heavy atom. The van der Waals surface area contributed by atoms with Gasteiger partial charge in [0.15, 0.2) is 0 Å². The number of rotatable bonds is 3. The summed E-state index contributed by atoms with van der Waals surface area (Å²) in [6, 6.07) is 5.17. The molecular formula is C16H23NO3. The highest BCUT2D eigenvalue weighted by Crippen LogP contribution is 2.23. The highest BCUT2D eigenvalue weighted by molar-refractivity contribution is 5.75. The number of hydrogen-bond acceptors (Lipinski definition) is 3. The number of carbonyl (C=O) groups excluding carboxylic acids is 2. The average Bonchev–Trinajstić information content (AvgIpc) is 2.30. The smallest absolute Gasteiger partial charge is 0.410 e. The number of amides is 1. The predicted molar refractivity (Wildman–Crippen MR) is 78.7 cm³/mol. The van der Waals surface area contributed by atoms with Crippen LogP contribution in [0.3, 0.4) is 0 Å². The van der Waals surface area contributed by atoms with Crippen molar-refractivity contribution >= 4 is 12.4 Å². The second kappa shape index (κ2) is 6.07. The maximum absolute atomic E-state index is 12.1. The molecule has 0 saturated heterocycles. The number of aryl methyl sites for hydroxylation is 2. The molecule has 110 valence electrons. The van der Waals surface area contributed by atoms with E-state index in [-0.39, 0.29) is 0 Å². The number of benzene rings is 1. The van der Waals surface area contributed by atoms with Gasteiger partial charge in [-0.15, -0.1) is 0 Å². The zero-order valence-corrected chi connectivity index (χ0v) is 13.1. The van der Waals surface area contributed by atoms with Gasteiger partial charge in [-0.2, -0.15) is 0 Å². The standard InChI is InChI=1S/C16H23NO3/c1-11-7-8-13(12(2)9-11)14(10-18)17(6)15(19)20-16(3,4)5/h7-10,14H,1-6H3. The van der Waals surface area contributed by atoms with Crippen LogP contribution in [0.1, 0.15) is 43.5 Å². The van der Waals surface area contributed by atoms with Gasteiger partial charge in [-0.05, 0) is 45.7 Å². The highest BCUT2D eigenvalue weighted by atomic mass is 16.6. The van der Waals surface area contributed by atoms with Crippen molar-refractivity contribution in [2.75, 3.05) is 7.05 Å². The quantitative estimate of drug-likeness (QED) is 0.795. The third kappa shape index (κ3) is 4.08. The molecule has 1 rings (SSSR count). The summed E-state index contributed by atoms with van der Waals surface area (Å²) in [5.41, 5.74) is 2.34. The van der Waals surface area contributed by atoms with Crippen molar-refractivity contribution < 1.29 is 14.3 Å². The molecule has 0 fully saturated rings. The molecule has 1 amide bonds. The molecule has 1 aromatic rings. The fourth-order valence-electron chi connectivity index (χ4n) is 1.98. The molecule has 0 aromatic heterocycles. The maximum atomic E-state index is 12.1. The molecule has 0 N–H and O–H groups in total. The molecule has 0 aliphatic carbocycles. The van der Waals surface area contributed by atoms with Gasteiger partial charge in [-0.1, -0.05) is 23.8 Å². The summed E-state index contributed by atoms with van der Waals surface area (Å²) in [6.45, 7) is 9.31. The molecule has 0 saturated carbocycles. The minimum Gasteiger partial charge on any atom is -0.444 e. The number of likely N-dealkylation sites (N-methyl/N-ethyl adjacent to an activating group) is 1. The fraction of sp³-hybridized carbons (Fsp3) is 0.500. The molecule has 0 heterocycles. The van der Waals surface area contributed by atoms with Gasteiger partial charge in [-0.25, -0.2) is 4.79 Å². The van der Waals surface area contributed by atoms with Crippen LogP contribution < -0.4 is 0 Å². The lowest BCUT2D eigenvalue weighted by molar-refractivity contribution is -0.112. The Labute approximate surface area is 120 Å². The number of ether oxygens (including phenoxy) is 1. The Morgan fingerprint density at radius 3 is 2.35 bits per heavy atom. The summed E-state index contributed by atoms with van der Waals surface area (Å²) < 4.78 is 5.30. The van der Waals surface area contributed by atoms with Crippen LogP contribution >= 0.6 is 0 Å². The zero-order chi connectivity index (χ0) is 15.5. The van der Waals surface area contributed by atoms with E-state index in [1.165, 1.54) is 4.90 Å². The lowest BCUT2D eigenvalue weighted by Gasteiger charge is -2.28. The van der Waals surface area contributed by atoms with Gasteiger partial charge in [-0.3, -0.25) is 4.90 Å². The first-order valence-electron chi connectivity index (χ1n) is 6.64. The van der Waals surface area contributed by atoms with Gasteiger partial charge in [0.1, 0.15) is 17.9 Å². The van der Waals surface area contributed by atoms with E-state index in [0.29, 0.717) is 0 Å². The van der Waals surface area contributed by atoms with Crippen LogP contribution in [0.25, 0.3) is 0 Å². The molecule has 20 heavy (non-hydrogen) atoms. The lowest BCUT2D eigenvalue weighted by atomic mass is 9.99. The Bertz CT molecular complexity index is 503. The van der Waals surface area contributed by atoms with Crippen molar-refractivity contribution in [1.29, 1.82) is 0 Å². The average molecular weight is 277 g/mol. The molecule has 0 aliphatic heterocycles. The van der Waals surface area contributed by atoms with Crippen LogP contribution in [0.5, 0.6) is 0 Å². The second-order valence-electron chi connectivity index (χ2n) is 6.03. The third-order valence-electron chi connectivity index (χ3n) is 2.97. The third-order valence-corrected chi connectivity index (χ3v) is 2.97. The summed E-state index contributed by atoms with van der Waals surface area (Å²) in [7, 11) is 1.58. The van der Waals surface area contributed by atoms with Crippen molar-refractivity contribution in [3.63, 3.8) is 0 Å². The van der Waals surface area contributed by atoms with E-state index in [2.05, 4.69) is 0 Å². The molecule has 1 unspecified atom stereocenters. The van der Waals surface area contributed by atoms with Crippen molar-refractivity contribution in [3.8, 4) is 0 Å².